The largest absolute Gasteiger partial charge is 0.326 e. The molecule has 0 aliphatic carbocycles. The Morgan fingerprint density at radius 2 is 2.11 bits per heavy atom. The summed E-state index contributed by atoms with van der Waals surface area (Å²) in [6, 6.07) is 9.80. The number of nitrogens with two attached hydrogens (primary N) is 1. The lowest BCUT2D eigenvalue weighted by Gasteiger charge is -2.14. The molecule has 1 saturated heterocycles. The molecule has 4 nitrogen and oxygen atoms in total. The lowest BCUT2D eigenvalue weighted by atomic mass is 10.1. The molecule has 1 aliphatic heterocycles. The molecule has 1 amide bonds. The van der Waals surface area contributed by atoms with E-state index >= 15 is 0 Å². The number of nitrogens with one attached hydrogen (secondary N) is 1. The zero-order valence-corrected chi connectivity index (χ0v) is 10.8. The van der Waals surface area contributed by atoms with Gasteiger partial charge in [-0.15, -0.1) is 0 Å². The zero-order chi connectivity index (χ0) is 13.0. The second-order valence-corrected chi connectivity index (χ2v) is 5.06. The van der Waals surface area contributed by atoms with Gasteiger partial charge in [0.05, 0.1) is 0 Å². The summed E-state index contributed by atoms with van der Waals surface area (Å²) in [4.78, 5) is 14.0. The number of amides is 1. The van der Waals surface area contributed by atoms with Crippen molar-refractivity contribution in [2.24, 2.45) is 11.7 Å². The normalized spacial score (nSPS) is 24.1. The summed E-state index contributed by atoms with van der Waals surface area (Å²) in [6.07, 6.45) is 0.522. The topological polar surface area (TPSA) is 58.4 Å². The van der Waals surface area contributed by atoms with Gasteiger partial charge in [-0.3, -0.25) is 4.79 Å². The monoisotopic (exact) mass is 247 g/mol. The van der Waals surface area contributed by atoms with Crippen LogP contribution in [0.1, 0.15) is 13.3 Å². The van der Waals surface area contributed by atoms with Crippen molar-refractivity contribution in [3.05, 3.63) is 30.3 Å². The Bertz CT molecular complexity index is 383. The summed E-state index contributed by atoms with van der Waals surface area (Å²) in [6.45, 7) is 4.85. The first kappa shape index (κ1) is 13.1. The quantitative estimate of drug-likeness (QED) is 0.843. The van der Waals surface area contributed by atoms with Gasteiger partial charge < -0.3 is 16.0 Å². The lowest BCUT2D eigenvalue weighted by molar-refractivity contribution is -0.116. The number of anilines is 1. The van der Waals surface area contributed by atoms with Gasteiger partial charge in [-0.25, -0.2) is 0 Å². The van der Waals surface area contributed by atoms with Gasteiger partial charge in [0.1, 0.15) is 0 Å². The fourth-order valence-electron chi connectivity index (χ4n) is 2.28. The third kappa shape index (κ3) is 3.55. The molecule has 1 aromatic carbocycles. The summed E-state index contributed by atoms with van der Waals surface area (Å²) < 4.78 is 0. The number of hydrogen-bond acceptors (Lipinski definition) is 3. The Hall–Kier alpha value is -1.39. The van der Waals surface area contributed by atoms with Gasteiger partial charge in [-0.05, 0) is 18.1 Å². The van der Waals surface area contributed by atoms with Gasteiger partial charge in [0.15, 0.2) is 0 Å². The molecule has 2 atom stereocenters. The number of benzene rings is 1. The molecule has 0 bridgehead atoms. The van der Waals surface area contributed by atoms with Crippen LogP contribution in [-0.2, 0) is 4.79 Å². The van der Waals surface area contributed by atoms with Crippen molar-refractivity contribution >= 4 is 11.6 Å². The molecule has 1 aliphatic rings. The summed E-state index contributed by atoms with van der Waals surface area (Å²) in [5.74, 6) is 0.594. The van der Waals surface area contributed by atoms with Gasteiger partial charge in [-0.2, -0.15) is 0 Å². The Balaban J connectivity index is 1.73. The van der Waals surface area contributed by atoms with Crippen molar-refractivity contribution in [1.29, 1.82) is 0 Å². The van der Waals surface area contributed by atoms with E-state index in [4.69, 9.17) is 5.73 Å². The Morgan fingerprint density at radius 3 is 2.72 bits per heavy atom. The number of carbonyl (C=O) groups excluding carboxylic acids is 1. The van der Waals surface area contributed by atoms with E-state index in [1.807, 2.05) is 30.3 Å². The van der Waals surface area contributed by atoms with Crippen LogP contribution in [0.5, 0.6) is 0 Å². The van der Waals surface area contributed by atoms with Crippen molar-refractivity contribution in [2.75, 3.05) is 25.0 Å². The van der Waals surface area contributed by atoms with Crippen LogP contribution in [0.15, 0.2) is 30.3 Å². The lowest BCUT2D eigenvalue weighted by Crippen LogP contribution is -2.30. The van der Waals surface area contributed by atoms with Crippen LogP contribution in [0.4, 0.5) is 5.69 Å². The van der Waals surface area contributed by atoms with Crippen LogP contribution in [0.2, 0.25) is 0 Å². The average Bonchev–Trinajstić information content (AvgIpc) is 2.68. The maximum Gasteiger partial charge on any atom is 0.225 e. The van der Waals surface area contributed by atoms with Crippen molar-refractivity contribution < 1.29 is 4.79 Å². The van der Waals surface area contributed by atoms with E-state index in [0.29, 0.717) is 12.3 Å². The number of hydrogen-bond donors (Lipinski definition) is 2. The summed E-state index contributed by atoms with van der Waals surface area (Å²) >= 11 is 0. The highest BCUT2D eigenvalue weighted by Gasteiger charge is 2.26. The first-order valence-corrected chi connectivity index (χ1v) is 6.48. The van der Waals surface area contributed by atoms with Gasteiger partial charge in [0, 0.05) is 37.8 Å². The molecule has 0 radical (unpaired) electrons. The highest BCUT2D eigenvalue weighted by molar-refractivity contribution is 5.90. The van der Waals surface area contributed by atoms with Crippen molar-refractivity contribution in [1.82, 2.24) is 4.90 Å². The SMILES string of the molecule is CC1CN(CCC(=O)Nc2ccccc2)CC1N. The molecule has 2 unspecified atom stereocenters. The first-order chi connectivity index (χ1) is 8.65. The molecule has 1 aromatic rings. The van der Waals surface area contributed by atoms with E-state index in [-0.39, 0.29) is 11.9 Å². The van der Waals surface area contributed by atoms with E-state index in [9.17, 15) is 4.79 Å². The van der Waals surface area contributed by atoms with Crippen LogP contribution in [0.25, 0.3) is 0 Å². The Kier molecular flexibility index (Phi) is 4.33. The average molecular weight is 247 g/mol. The molecule has 18 heavy (non-hydrogen) atoms. The predicted molar refractivity (Wildman–Crippen MR) is 73.3 cm³/mol. The van der Waals surface area contributed by atoms with E-state index < -0.39 is 0 Å². The predicted octanol–water partition coefficient (Wildman–Crippen LogP) is 1.29. The molecule has 3 N–H and O–H groups in total. The van der Waals surface area contributed by atoms with Crippen molar-refractivity contribution in [3.63, 3.8) is 0 Å². The van der Waals surface area contributed by atoms with Crippen LogP contribution < -0.4 is 11.1 Å². The Morgan fingerprint density at radius 1 is 1.39 bits per heavy atom. The molecule has 0 aromatic heterocycles. The smallest absolute Gasteiger partial charge is 0.225 e. The van der Waals surface area contributed by atoms with Crippen LogP contribution in [0.3, 0.4) is 0 Å². The van der Waals surface area contributed by atoms with Crippen LogP contribution in [0, 0.1) is 5.92 Å². The first-order valence-electron chi connectivity index (χ1n) is 6.48. The van der Waals surface area contributed by atoms with Gasteiger partial charge in [0.2, 0.25) is 5.91 Å². The molecule has 2 rings (SSSR count). The zero-order valence-electron chi connectivity index (χ0n) is 10.8. The summed E-state index contributed by atoms with van der Waals surface area (Å²) in [5, 5.41) is 2.89. The van der Waals surface area contributed by atoms with Gasteiger partial charge in [-0.1, -0.05) is 25.1 Å². The number of rotatable bonds is 4. The number of nitrogens with zero attached hydrogens (tertiary/aromatic N) is 1. The minimum absolute atomic E-state index is 0.0642. The van der Waals surface area contributed by atoms with Crippen LogP contribution >= 0.6 is 0 Å². The third-order valence-electron chi connectivity index (χ3n) is 3.46. The molecular formula is C14H21N3O. The van der Waals surface area contributed by atoms with E-state index in [1.54, 1.807) is 0 Å². The second kappa shape index (κ2) is 5.98. The number of carbonyl (C=O) groups is 1. The molecule has 1 fully saturated rings. The summed E-state index contributed by atoms with van der Waals surface area (Å²) in [5.41, 5.74) is 6.81. The minimum Gasteiger partial charge on any atom is -0.326 e. The maximum atomic E-state index is 11.8. The molecule has 98 valence electrons. The minimum atomic E-state index is 0.0642. The number of para-hydroxylation sites is 1. The highest BCUT2D eigenvalue weighted by atomic mass is 16.1. The van der Waals surface area contributed by atoms with Crippen molar-refractivity contribution in [3.8, 4) is 0 Å². The highest BCUT2D eigenvalue weighted by Crippen LogP contribution is 2.14. The third-order valence-corrected chi connectivity index (χ3v) is 3.46. The Labute approximate surface area is 108 Å². The second-order valence-electron chi connectivity index (χ2n) is 5.06. The molecule has 0 spiro atoms. The standard InChI is InChI=1S/C14H21N3O/c1-11-9-17(10-13(11)15)8-7-14(18)16-12-5-3-2-4-6-12/h2-6,11,13H,7-10,15H2,1H3,(H,16,18). The fraction of sp³-hybridized carbons (Fsp3) is 0.500. The van der Waals surface area contributed by atoms with E-state index in [0.717, 1.165) is 25.3 Å². The number of likely N-dealkylation sites (tertiary alicyclic amines) is 1. The van der Waals surface area contributed by atoms with Crippen LogP contribution in [-0.4, -0.2) is 36.5 Å². The van der Waals surface area contributed by atoms with E-state index in [1.165, 1.54) is 0 Å². The fourth-order valence-corrected chi connectivity index (χ4v) is 2.28. The maximum absolute atomic E-state index is 11.8. The molecule has 0 saturated carbocycles. The molecular weight excluding hydrogens is 226 g/mol. The molecule has 1 heterocycles. The van der Waals surface area contributed by atoms with Crippen molar-refractivity contribution in [2.45, 2.75) is 19.4 Å². The van der Waals surface area contributed by atoms with Gasteiger partial charge >= 0.3 is 0 Å². The van der Waals surface area contributed by atoms with Gasteiger partial charge in [0.25, 0.3) is 0 Å². The molecule has 4 heteroatoms. The van der Waals surface area contributed by atoms with E-state index in [2.05, 4.69) is 17.1 Å². The summed E-state index contributed by atoms with van der Waals surface area (Å²) in [7, 11) is 0.